The Kier molecular flexibility index (Phi) is 3.76. The highest BCUT2D eigenvalue weighted by Crippen LogP contribution is 2.30. The lowest BCUT2D eigenvalue weighted by Crippen LogP contribution is -2.14. The molecule has 0 radical (unpaired) electrons. The van der Waals surface area contributed by atoms with E-state index in [1.165, 1.54) is 25.5 Å². The first-order valence-corrected chi connectivity index (χ1v) is 6.13. The minimum Gasteiger partial charge on any atom is -0.367 e. The number of nitrogens with zero attached hydrogens (tertiary/aromatic N) is 2. The first-order valence-electron chi connectivity index (χ1n) is 6.13. The second kappa shape index (κ2) is 5.29. The highest BCUT2D eigenvalue weighted by atomic mass is 19.1. The van der Waals surface area contributed by atoms with E-state index in [2.05, 4.69) is 27.5 Å². The van der Waals surface area contributed by atoms with Crippen LogP contribution in [-0.4, -0.2) is 23.6 Å². The van der Waals surface area contributed by atoms with Gasteiger partial charge in [0.05, 0.1) is 6.20 Å². The zero-order chi connectivity index (χ0) is 12.3. The molecule has 94 valence electrons. The molecule has 1 saturated carbocycles. The van der Waals surface area contributed by atoms with Crippen molar-refractivity contribution in [2.24, 2.45) is 11.8 Å². The molecule has 4 nitrogen and oxygen atoms in total. The highest BCUT2D eigenvalue weighted by molar-refractivity contribution is 5.40. The minimum atomic E-state index is -0.393. The molecule has 0 amide bonds. The SMILES string of the molecule is CNc1ncc(F)c(NCC2CCC(C)C2)n1. The van der Waals surface area contributed by atoms with Gasteiger partial charge in [-0.3, -0.25) is 0 Å². The number of nitrogens with one attached hydrogen (secondary N) is 2. The van der Waals surface area contributed by atoms with Gasteiger partial charge in [0.15, 0.2) is 11.6 Å². The van der Waals surface area contributed by atoms with E-state index in [4.69, 9.17) is 0 Å². The molecule has 1 aliphatic rings. The Labute approximate surface area is 101 Å². The summed E-state index contributed by atoms with van der Waals surface area (Å²) in [6.07, 6.45) is 4.91. The van der Waals surface area contributed by atoms with Gasteiger partial charge in [-0.2, -0.15) is 4.98 Å². The smallest absolute Gasteiger partial charge is 0.224 e. The second-order valence-electron chi connectivity index (χ2n) is 4.81. The van der Waals surface area contributed by atoms with Crippen molar-refractivity contribution in [2.45, 2.75) is 26.2 Å². The topological polar surface area (TPSA) is 49.8 Å². The monoisotopic (exact) mass is 238 g/mol. The van der Waals surface area contributed by atoms with Crippen LogP contribution >= 0.6 is 0 Å². The average Bonchev–Trinajstić information content (AvgIpc) is 2.74. The van der Waals surface area contributed by atoms with E-state index in [-0.39, 0.29) is 0 Å². The zero-order valence-electron chi connectivity index (χ0n) is 10.3. The molecule has 5 heteroatoms. The van der Waals surface area contributed by atoms with Crippen molar-refractivity contribution in [3.05, 3.63) is 12.0 Å². The van der Waals surface area contributed by atoms with Crippen molar-refractivity contribution < 1.29 is 4.39 Å². The van der Waals surface area contributed by atoms with Gasteiger partial charge in [0.2, 0.25) is 5.95 Å². The summed E-state index contributed by atoms with van der Waals surface area (Å²) in [7, 11) is 1.72. The Morgan fingerprint density at radius 1 is 1.47 bits per heavy atom. The van der Waals surface area contributed by atoms with Gasteiger partial charge >= 0.3 is 0 Å². The number of halogens is 1. The van der Waals surface area contributed by atoms with E-state index in [9.17, 15) is 4.39 Å². The Morgan fingerprint density at radius 2 is 2.29 bits per heavy atom. The van der Waals surface area contributed by atoms with Gasteiger partial charge in [-0.1, -0.05) is 13.3 Å². The summed E-state index contributed by atoms with van der Waals surface area (Å²) in [5.74, 6) is 1.77. The molecule has 0 aromatic carbocycles. The summed E-state index contributed by atoms with van der Waals surface area (Å²) in [4.78, 5) is 7.87. The van der Waals surface area contributed by atoms with Gasteiger partial charge in [0.1, 0.15) is 0 Å². The molecule has 1 fully saturated rings. The first kappa shape index (κ1) is 12.1. The first-order chi connectivity index (χ1) is 8.19. The third kappa shape index (κ3) is 3.05. The maximum absolute atomic E-state index is 13.4. The molecule has 2 N–H and O–H groups in total. The zero-order valence-corrected chi connectivity index (χ0v) is 10.3. The summed E-state index contributed by atoms with van der Waals surface area (Å²) in [5, 5.41) is 5.88. The van der Waals surface area contributed by atoms with Crippen molar-refractivity contribution >= 4 is 11.8 Å². The third-order valence-corrected chi connectivity index (χ3v) is 3.33. The van der Waals surface area contributed by atoms with Crippen LogP contribution in [0.15, 0.2) is 6.20 Å². The van der Waals surface area contributed by atoms with Crippen LogP contribution in [0.25, 0.3) is 0 Å². The molecule has 1 aliphatic carbocycles. The van der Waals surface area contributed by atoms with E-state index < -0.39 is 5.82 Å². The summed E-state index contributed by atoms with van der Waals surface area (Å²) >= 11 is 0. The van der Waals surface area contributed by atoms with Crippen LogP contribution in [0.3, 0.4) is 0 Å². The van der Waals surface area contributed by atoms with Gasteiger partial charge in [-0.05, 0) is 24.7 Å². The number of anilines is 2. The standard InChI is InChI=1S/C12H19FN4/c1-8-3-4-9(5-8)6-15-11-10(13)7-16-12(14-2)17-11/h7-9H,3-6H2,1-2H3,(H2,14,15,16,17). The van der Waals surface area contributed by atoms with Crippen molar-refractivity contribution in [3.8, 4) is 0 Å². The lowest BCUT2D eigenvalue weighted by atomic mass is 10.1. The molecular weight excluding hydrogens is 219 g/mol. The summed E-state index contributed by atoms with van der Waals surface area (Å²) in [6.45, 7) is 3.06. The van der Waals surface area contributed by atoms with Crippen LogP contribution in [0.5, 0.6) is 0 Å². The molecule has 1 aromatic heterocycles. The third-order valence-electron chi connectivity index (χ3n) is 3.33. The van der Waals surface area contributed by atoms with E-state index in [1.54, 1.807) is 7.05 Å². The van der Waals surface area contributed by atoms with Crippen LogP contribution < -0.4 is 10.6 Å². The fraction of sp³-hybridized carbons (Fsp3) is 0.667. The number of hydrogen-bond acceptors (Lipinski definition) is 4. The fourth-order valence-corrected chi connectivity index (χ4v) is 2.36. The molecule has 0 bridgehead atoms. The lowest BCUT2D eigenvalue weighted by molar-refractivity contribution is 0.533. The Morgan fingerprint density at radius 3 is 2.94 bits per heavy atom. The van der Waals surface area contributed by atoms with Gasteiger partial charge in [-0.15, -0.1) is 0 Å². The molecule has 0 aliphatic heterocycles. The highest BCUT2D eigenvalue weighted by Gasteiger charge is 2.21. The lowest BCUT2D eigenvalue weighted by Gasteiger charge is -2.12. The van der Waals surface area contributed by atoms with E-state index in [0.29, 0.717) is 17.7 Å². The quantitative estimate of drug-likeness (QED) is 0.846. The predicted molar refractivity (Wildman–Crippen MR) is 66.5 cm³/mol. The van der Waals surface area contributed by atoms with Crippen LogP contribution in [0.2, 0.25) is 0 Å². The molecular formula is C12H19FN4. The molecule has 2 unspecified atom stereocenters. The molecule has 0 spiro atoms. The van der Waals surface area contributed by atoms with E-state index in [0.717, 1.165) is 12.5 Å². The second-order valence-corrected chi connectivity index (χ2v) is 4.81. The number of hydrogen-bond donors (Lipinski definition) is 2. The van der Waals surface area contributed by atoms with Gasteiger partial charge < -0.3 is 10.6 Å². The Bertz CT molecular complexity index is 383. The normalized spacial score (nSPS) is 23.7. The van der Waals surface area contributed by atoms with Crippen LogP contribution in [0, 0.1) is 17.7 Å². The Balaban J connectivity index is 1.94. The molecule has 0 saturated heterocycles. The summed E-state index contributed by atoms with van der Waals surface area (Å²) in [5.41, 5.74) is 0. The van der Waals surface area contributed by atoms with Gasteiger partial charge in [-0.25, -0.2) is 9.37 Å². The van der Waals surface area contributed by atoms with Crippen molar-refractivity contribution in [2.75, 3.05) is 24.2 Å². The largest absolute Gasteiger partial charge is 0.367 e. The molecule has 1 heterocycles. The van der Waals surface area contributed by atoms with Crippen molar-refractivity contribution in [1.29, 1.82) is 0 Å². The number of aromatic nitrogens is 2. The van der Waals surface area contributed by atoms with E-state index >= 15 is 0 Å². The molecule has 1 aromatic rings. The summed E-state index contributed by atoms with van der Waals surface area (Å²) < 4.78 is 13.4. The molecule has 17 heavy (non-hydrogen) atoms. The fourth-order valence-electron chi connectivity index (χ4n) is 2.36. The average molecular weight is 238 g/mol. The van der Waals surface area contributed by atoms with Crippen LogP contribution in [0.4, 0.5) is 16.2 Å². The Hall–Kier alpha value is -1.39. The molecule has 2 rings (SSSR count). The van der Waals surface area contributed by atoms with Gasteiger partial charge in [0, 0.05) is 13.6 Å². The maximum atomic E-state index is 13.4. The van der Waals surface area contributed by atoms with Crippen molar-refractivity contribution in [3.63, 3.8) is 0 Å². The predicted octanol–water partition coefficient (Wildman–Crippen LogP) is 2.51. The van der Waals surface area contributed by atoms with Crippen LogP contribution in [0.1, 0.15) is 26.2 Å². The minimum absolute atomic E-state index is 0.295. The van der Waals surface area contributed by atoms with Gasteiger partial charge in [0.25, 0.3) is 0 Å². The summed E-state index contributed by atoms with van der Waals surface area (Å²) in [6, 6.07) is 0. The van der Waals surface area contributed by atoms with E-state index in [1.807, 2.05) is 0 Å². The van der Waals surface area contributed by atoms with Crippen molar-refractivity contribution in [1.82, 2.24) is 9.97 Å². The molecule has 2 atom stereocenters. The van der Waals surface area contributed by atoms with Crippen LogP contribution in [-0.2, 0) is 0 Å². The maximum Gasteiger partial charge on any atom is 0.224 e. The number of rotatable bonds is 4.